The lowest BCUT2D eigenvalue weighted by molar-refractivity contribution is -0.121. The third-order valence-electron chi connectivity index (χ3n) is 3.46. The van der Waals surface area contributed by atoms with E-state index >= 15 is 0 Å². The van der Waals surface area contributed by atoms with Gasteiger partial charge in [0.15, 0.2) is 0 Å². The fourth-order valence-electron chi connectivity index (χ4n) is 2.35. The Hall–Kier alpha value is -1.43. The molecule has 1 fully saturated rings. The molecule has 0 aromatic rings. The Morgan fingerprint density at radius 1 is 1.28 bits per heavy atom. The van der Waals surface area contributed by atoms with E-state index in [1.54, 1.807) is 0 Å². The van der Waals surface area contributed by atoms with Crippen LogP contribution in [0.5, 0.6) is 0 Å². The maximum absolute atomic E-state index is 11.9. The van der Waals surface area contributed by atoms with Crippen molar-refractivity contribution < 1.29 is 14.7 Å². The summed E-state index contributed by atoms with van der Waals surface area (Å²) in [6.07, 6.45) is 4.83. The first-order valence-electron chi connectivity index (χ1n) is 6.51. The molecule has 2 atom stereocenters. The number of nitrogens with one attached hydrogen (secondary N) is 2. The zero-order valence-electron chi connectivity index (χ0n) is 10.3. The van der Waals surface area contributed by atoms with Crippen molar-refractivity contribution in [3.8, 4) is 0 Å². The normalized spacial score (nSPS) is 28.9. The van der Waals surface area contributed by atoms with Gasteiger partial charge in [0, 0.05) is 12.8 Å². The number of rotatable bonds is 2. The number of amides is 2. The van der Waals surface area contributed by atoms with Gasteiger partial charge in [-0.15, -0.1) is 0 Å². The molecule has 2 unspecified atom stereocenters. The lowest BCUT2D eigenvalue weighted by atomic mass is 10.1. The van der Waals surface area contributed by atoms with Gasteiger partial charge in [0.1, 0.15) is 5.71 Å². The highest BCUT2D eigenvalue weighted by atomic mass is 16.3. The quantitative estimate of drug-likeness (QED) is 0.608. The summed E-state index contributed by atoms with van der Waals surface area (Å²) in [4.78, 5) is 22.9. The lowest BCUT2D eigenvalue weighted by Gasteiger charge is -2.22. The van der Waals surface area contributed by atoms with Crippen LogP contribution in [0, 0.1) is 0 Å². The van der Waals surface area contributed by atoms with Crippen molar-refractivity contribution in [3.63, 3.8) is 0 Å². The minimum absolute atomic E-state index is 0.166. The maximum atomic E-state index is 11.9. The highest BCUT2D eigenvalue weighted by Crippen LogP contribution is 2.18. The molecule has 2 rings (SSSR count). The highest BCUT2D eigenvalue weighted by Gasteiger charge is 2.26. The van der Waals surface area contributed by atoms with Crippen LogP contribution in [0.15, 0.2) is 5.10 Å². The van der Waals surface area contributed by atoms with Crippen LogP contribution in [-0.2, 0) is 9.59 Å². The molecule has 3 N–H and O–H groups in total. The van der Waals surface area contributed by atoms with Crippen molar-refractivity contribution >= 4 is 17.5 Å². The number of hydrogen-bond acceptors (Lipinski definition) is 4. The molecule has 0 aromatic carbocycles. The lowest BCUT2D eigenvalue weighted by Crippen LogP contribution is -2.46. The number of nitrogens with zero attached hydrogens (tertiary/aromatic N) is 1. The topological polar surface area (TPSA) is 90.8 Å². The first-order valence-corrected chi connectivity index (χ1v) is 6.51. The Bertz CT molecular complexity index is 368. The Balaban J connectivity index is 1.91. The number of aliphatic hydroxyl groups is 1. The van der Waals surface area contributed by atoms with Crippen molar-refractivity contribution in [2.45, 2.75) is 57.1 Å². The molecule has 0 saturated heterocycles. The van der Waals surface area contributed by atoms with Crippen LogP contribution in [0.25, 0.3) is 0 Å². The molecule has 1 heterocycles. The van der Waals surface area contributed by atoms with Crippen LogP contribution in [-0.4, -0.2) is 34.8 Å². The van der Waals surface area contributed by atoms with Crippen LogP contribution in [0.3, 0.4) is 0 Å². The molecule has 18 heavy (non-hydrogen) atoms. The van der Waals surface area contributed by atoms with Crippen LogP contribution < -0.4 is 10.7 Å². The van der Waals surface area contributed by atoms with E-state index < -0.39 is 6.10 Å². The highest BCUT2D eigenvalue weighted by molar-refractivity contribution is 6.39. The van der Waals surface area contributed by atoms with Gasteiger partial charge in [-0.05, 0) is 12.8 Å². The van der Waals surface area contributed by atoms with Gasteiger partial charge in [-0.2, -0.15) is 5.10 Å². The van der Waals surface area contributed by atoms with Crippen LogP contribution in [0.1, 0.15) is 44.9 Å². The Labute approximate surface area is 106 Å². The van der Waals surface area contributed by atoms with E-state index in [0.717, 1.165) is 32.1 Å². The minimum Gasteiger partial charge on any atom is -0.391 e. The molecule has 6 heteroatoms. The van der Waals surface area contributed by atoms with Crippen LogP contribution in [0.4, 0.5) is 0 Å². The average Bonchev–Trinajstić information content (AvgIpc) is 2.56. The summed E-state index contributed by atoms with van der Waals surface area (Å²) in [5, 5.41) is 16.5. The fraction of sp³-hybridized carbons (Fsp3) is 0.750. The number of aliphatic hydroxyl groups excluding tert-OH is 1. The van der Waals surface area contributed by atoms with Gasteiger partial charge < -0.3 is 10.4 Å². The summed E-state index contributed by atoms with van der Waals surface area (Å²) in [5.41, 5.74) is 2.64. The second-order valence-electron chi connectivity index (χ2n) is 4.88. The molecular formula is C12H19N3O3. The monoisotopic (exact) mass is 253 g/mol. The summed E-state index contributed by atoms with van der Waals surface area (Å²) in [6.45, 7) is 0. The average molecular weight is 253 g/mol. The third-order valence-corrected chi connectivity index (χ3v) is 3.46. The standard InChI is InChI=1S/C12H19N3O3/c16-10-5-3-1-2-4-8(10)13-12(18)9-6-7-11(17)15-14-9/h8,10,16H,1-7H2,(H,13,18)(H,15,17). The molecule has 6 nitrogen and oxygen atoms in total. The minimum atomic E-state index is -0.477. The fourth-order valence-corrected chi connectivity index (χ4v) is 2.35. The molecule has 0 radical (unpaired) electrons. The smallest absolute Gasteiger partial charge is 0.267 e. The van der Waals surface area contributed by atoms with E-state index in [1.807, 2.05) is 0 Å². The molecule has 1 aliphatic carbocycles. The molecule has 2 amide bonds. The molecule has 0 bridgehead atoms. The summed E-state index contributed by atoms with van der Waals surface area (Å²) < 4.78 is 0. The van der Waals surface area contributed by atoms with Gasteiger partial charge in [0.05, 0.1) is 12.1 Å². The molecule has 0 spiro atoms. The largest absolute Gasteiger partial charge is 0.391 e. The van der Waals surface area contributed by atoms with Crippen LogP contribution >= 0.6 is 0 Å². The number of carbonyl (C=O) groups is 2. The molecule has 0 aromatic heterocycles. The third kappa shape index (κ3) is 3.29. The predicted octanol–water partition coefficient (Wildman–Crippen LogP) is 0.0622. The van der Waals surface area contributed by atoms with Crippen molar-refractivity contribution in [3.05, 3.63) is 0 Å². The SMILES string of the molecule is O=C1CCC(C(=O)NC2CCCCCC2O)=NN1. The second-order valence-corrected chi connectivity index (χ2v) is 4.88. The van der Waals surface area contributed by atoms with E-state index in [9.17, 15) is 14.7 Å². The van der Waals surface area contributed by atoms with Crippen molar-refractivity contribution in [1.82, 2.24) is 10.7 Å². The first kappa shape index (κ1) is 13.0. The van der Waals surface area contributed by atoms with Crippen LogP contribution in [0.2, 0.25) is 0 Å². The Morgan fingerprint density at radius 3 is 2.78 bits per heavy atom. The maximum Gasteiger partial charge on any atom is 0.267 e. The molecule has 1 aliphatic heterocycles. The summed E-state index contributed by atoms with van der Waals surface area (Å²) >= 11 is 0. The van der Waals surface area contributed by atoms with E-state index in [2.05, 4.69) is 15.8 Å². The van der Waals surface area contributed by atoms with E-state index in [-0.39, 0.29) is 17.9 Å². The molecule has 2 aliphatic rings. The summed E-state index contributed by atoms with van der Waals surface area (Å²) in [6, 6.07) is -0.194. The molecule has 1 saturated carbocycles. The molecule has 100 valence electrons. The Morgan fingerprint density at radius 2 is 2.06 bits per heavy atom. The van der Waals surface area contributed by atoms with Gasteiger partial charge in [-0.25, -0.2) is 5.43 Å². The van der Waals surface area contributed by atoms with Gasteiger partial charge in [-0.3, -0.25) is 9.59 Å². The Kier molecular flexibility index (Phi) is 4.30. The first-order chi connectivity index (χ1) is 8.66. The zero-order valence-corrected chi connectivity index (χ0v) is 10.3. The molecular weight excluding hydrogens is 234 g/mol. The number of hydrazone groups is 1. The zero-order chi connectivity index (χ0) is 13.0. The summed E-state index contributed by atoms with van der Waals surface area (Å²) in [7, 11) is 0. The predicted molar refractivity (Wildman–Crippen MR) is 65.8 cm³/mol. The number of carbonyl (C=O) groups excluding carboxylic acids is 2. The van der Waals surface area contributed by atoms with Gasteiger partial charge in [-0.1, -0.05) is 19.3 Å². The van der Waals surface area contributed by atoms with E-state index in [1.165, 1.54) is 0 Å². The van der Waals surface area contributed by atoms with Gasteiger partial charge >= 0.3 is 0 Å². The van der Waals surface area contributed by atoms with Gasteiger partial charge in [0.2, 0.25) is 5.91 Å². The van der Waals surface area contributed by atoms with Crippen molar-refractivity contribution in [2.75, 3.05) is 0 Å². The van der Waals surface area contributed by atoms with Crippen molar-refractivity contribution in [2.24, 2.45) is 5.10 Å². The summed E-state index contributed by atoms with van der Waals surface area (Å²) in [5.74, 6) is -0.443. The van der Waals surface area contributed by atoms with Crippen molar-refractivity contribution in [1.29, 1.82) is 0 Å². The number of hydrogen-bond donors (Lipinski definition) is 3. The van der Waals surface area contributed by atoms with Gasteiger partial charge in [0.25, 0.3) is 5.91 Å². The second kappa shape index (κ2) is 5.95. The van der Waals surface area contributed by atoms with E-state index in [4.69, 9.17) is 0 Å². The van der Waals surface area contributed by atoms with E-state index in [0.29, 0.717) is 18.6 Å².